The number of nitrogens with one attached hydrogen (secondary N) is 2. The summed E-state index contributed by atoms with van der Waals surface area (Å²) in [7, 11) is 0. The van der Waals surface area contributed by atoms with E-state index < -0.39 is 24.3 Å². The van der Waals surface area contributed by atoms with Crippen LogP contribution in [0.4, 0.5) is 26.3 Å². The molecule has 0 atom stereocenters. The molecular weight excluding hydrogens is 318 g/mol. The highest BCUT2D eigenvalue weighted by molar-refractivity contribution is 5.73. The minimum atomic E-state index is -5.08. The number of hydrogen-bond acceptors (Lipinski definition) is 4. The highest BCUT2D eigenvalue weighted by Gasteiger charge is 2.38. The third-order valence-corrected chi connectivity index (χ3v) is 1.44. The first-order valence-electron chi connectivity index (χ1n) is 4.90. The van der Waals surface area contributed by atoms with Gasteiger partial charge in [-0.25, -0.2) is 9.59 Å². The van der Waals surface area contributed by atoms with E-state index >= 15 is 0 Å². The Morgan fingerprint density at radius 3 is 0.905 bits per heavy atom. The molecule has 0 bridgehead atoms. The highest BCUT2D eigenvalue weighted by Crippen LogP contribution is 2.13. The van der Waals surface area contributed by atoms with E-state index in [1.165, 1.54) is 0 Å². The number of piperazine rings is 1. The molecule has 0 saturated carbocycles. The van der Waals surface area contributed by atoms with Crippen molar-refractivity contribution in [3.8, 4) is 0 Å². The molecule has 1 aliphatic rings. The van der Waals surface area contributed by atoms with Gasteiger partial charge in [0, 0.05) is 26.2 Å². The molecule has 0 amide bonds. The Bertz CT molecular complexity index is 267. The van der Waals surface area contributed by atoms with Gasteiger partial charge < -0.3 is 26.3 Å². The molecule has 1 saturated heterocycles. The lowest BCUT2D eigenvalue weighted by Gasteiger charge is -2.11. The zero-order valence-corrected chi connectivity index (χ0v) is 10.3. The molecule has 128 valence electrons. The second-order valence-electron chi connectivity index (χ2n) is 3.11. The van der Waals surface area contributed by atoms with E-state index in [4.69, 9.17) is 19.8 Å². The summed E-state index contributed by atoms with van der Waals surface area (Å²) in [5, 5.41) is 20.7. The van der Waals surface area contributed by atoms with Crippen molar-refractivity contribution in [2.45, 2.75) is 12.4 Å². The molecule has 21 heavy (non-hydrogen) atoms. The summed E-state index contributed by atoms with van der Waals surface area (Å²) in [6, 6.07) is 0. The molecule has 0 radical (unpaired) electrons. The van der Waals surface area contributed by atoms with Gasteiger partial charge in [-0.2, -0.15) is 26.3 Å². The molecule has 0 aromatic heterocycles. The van der Waals surface area contributed by atoms with Crippen molar-refractivity contribution in [3.63, 3.8) is 0 Å². The van der Waals surface area contributed by atoms with Crippen LogP contribution in [0.2, 0.25) is 0 Å². The van der Waals surface area contributed by atoms with Crippen LogP contribution in [0.25, 0.3) is 0 Å². The Hall–Kier alpha value is -1.60. The first kappa shape index (κ1) is 24.4. The van der Waals surface area contributed by atoms with Gasteiger partial charge in [0.05, 0.1) is 0 Å². The summed E-state index contributed by atoms with van der Waals surface area (Å²) in [4.78, 5) is 17.8. The fourth-order valence-electron chi connectivity index (χ4n) is 0.604. The first-order valence-corrected chi connectivity index (χ1v) is 4.90. The van der Waals surface area contributed by atoms with Gasteiger partial charge in [0.15, 0.2) is 0 Å². The third-order valence-electron chi connectivity index (χ3n) is 1.44. The van der Waals surface area contributed by atoms with Crippen molar-refractivity contribution in [2.24, 2.45) is 0 Å². The number of aliphatic carboxylic acids is 2. The maximum atomic E-state index is 10.6. The Morgan fingerprint density at radius 2 is 0.857 bits per heavy atom. The number of halogens is 6. The number of alkyl halides is 6. The minimum Gasteiger partial charge on any atom is -0.475 e. The fourth-order valence-corrected chi connectivity index (χ4v) is 0.604. The van der Waals surface area contributed by atoms with Crippen LogP contribution < -0.4 is 10.6 Å². The van der Waals surface area contributed by atoms with E-state index in [1.807, 2.05) is 0 Å². The number of carboxylic acid groups (broad SMARTS) is 2. The largest absolute Gasteiger partial charge is 0.490 e. The molecule has 13 heteroatoms. The molecule has 0 aliphatic carbocycles. The summed E-state index contributed by atoms with van der Waals surface area (Å²) in [6.07, 6.45) is -10.2. The Kier molecular flexibility index (Phi) is 12.9. The molecule has 1 fully saturated rings. The summed E-state index contributed by atoms with van der Waals surface area (Å²) >= 11 is 0. The smallest absolute Gasteiger partial charge is 0.475 e. The average Bonchev–Trinajstić information content (AvgIpc) is 2.30. The van der Waals surface area contributed by atoms with Crippen molar-refractivity contribution in [1.82, 2.24) is 10.6 Å². The molecular formula is C8H14F6N2O5. The van der Waals surface area contributed by atoms with Gasteiger partial charge in [-0.1, -0.05) is 0 Å². The molecule has 0 unspecified atom stereocenters. The topological polar surface area (TPSA) is 130 Å². The van der Waals surface area contributed by atoms with E-state index in [1.54, 1.807) is 0 Å². The van der Waals surface area contributed by atoms with Crippen molar-refractivity contribution >= 4 is 11.9 Å². The van der Waals surface area contributed by atoms with E-state index in [0.717, 1.165) is 26.2 Å². The highest BCUT2D eigenvalue weighted by atomic mass is 19.4. The van der Waals surface area contributed by atoms with Gasteiger partial charge in [0.25, 0.3) is 0 Å². The maximum absolute atomic E-state index is 10.6. The van der Waals surface area contributed by atoms with E-state index in [0.29, 0.717) is 0 Å². The second kappa shape index (κ2) is 11.1. The van der Waals surface area contributed by atoms with Gasteiger partial charge in [-0.05, 0) is 0 Å². The van der Waals surface area contributed by atoms with Gasteiger partial charge in [-0.3, -0.25) is 0 Å². The van der Waals surface area contributed by atoms with Crippen molar-refractivity contribution in [1.29, 1.82) is 0 Å². The van der Waals surface area contributed by atoms with Crippen LogP contribution in [0.3, 0.4) is 0 Å². The molecule has 0 aromatic rings. The van der Waals surface area contributed by atoms with Gasteiger partial charge >= 0.3 is 24.3 Å². The maximum Gasteiger partial charge on any atom is 0.490 e. The number of hydrogen-bond donors (Lipinski definition) is 4. The average molecular weight is 332 g/mol. The predicted molar refractivity (Wildman–Crippen MR) is 56.7 cm³/mol. The molecule has 7 nitrogen and oxygen atoms in total. The first-order chi connectivity index (χ1) is 8.89. The Morgan fingerprint density at radius 1 is 0.714 bits per heavy atom. The summed E-state index contributed by atoms with van der Waals surface area (Å²) in [5.74, 6) is -5.51. The SMILES string of the molecule is C1CNCCN1.O.O=C(O)C(F)(F)F.O=C(O)C(F)(F)F. The van der Waals surface area contributed by atoms with Gasteiger partial charge in [0.1, 0.15) is 0 Å². The molecule has 1 aliphatic heterocycles. The van der Waals surface area contributed by atoms with Crippen molar-refractivity contribution < 1.29 is 51.6 Å². The second-order valence-corrected chi connectivity index (χ2v) is 3.11. The monoisotopic (exact) mass is 332 g/mol. The molecule has 0 aromatic carbocycles. The molecule has 0 spiro atoms. The lowest BCUT2D eigenvalue weighted by atomic mass is 10.4. The lowest BCUT2D eigenvalue weighted by molar-refractivity contribution is -0.193. The number of rotatable bonds is 0. The summed E-state index contributed by atoms with van der Waals surface area (Å²) in [6.45, 7) is 4.56. The molecule has 6 N–H and O–H groups in total. The van der Waals surface area contributed by atoms with Crippen molar-refractivity contribution in [2.75, 3.05) is 26.2 Å². The zero-order valence-electron chi connectivity index (χ0n) is 10.3. The Labute approximate surface area is 114 Å². The van der Waals surface area contributed by atoms with Crippen LogP contribution in [0.1, 0.15) is 0 Å². The number of carbonyl (C=O) groups is 2. The van der Waals surface area contributed by atoms with Crippen LogP contribution in [0.15, 0.2) is 0 Å². The van der Waals surface area contributed by atoms with Crippen LogP contribution in [-0.4, -0.2) is 66.2 Å². The van der Waals surface area contributed by atoms with E-state index in [-0.39, 0.29) is 5.48 Å². The zero-order chi connectivity index (χ0) is 16.4. The van der Waals surface area contributed by atoms with Crippen LogP contribution in [0.5, 0.6) is 0 Å². The normalized spacial score (nSPS) is 14.4. The third kappa shape index (κ3) is 18.4. The quantitative estimate of drug-likeness (QED) is 0.448. The molecule has 1 rings (SSSR count). The number of carboxylic acids is 2. The summed E-state index contributed by atoms with van der Waals surface area (Å²) in [5.41, 5.74) is 0. The van der Waals surface area contributed by atoms with E-state index in [9.17, 15) is 26.3 Å². The fraction of sp³-hybridized carbons (Fsp3) is 0.750. The lowest BCUT2D eigenvalue weighted by Crippen LogP contribution is -2.39. The predicted octanol–water partition coefficient (Wildman–Crippen LogP) is -0.379. The van der Waals surface area contributed by atoms with Gasteiger partial charge in [0.2, 0.25) is 0 Å². The van der Waals surface area contributed by atoms with Crippen molar-refractivity contribution in [3.05, 3.63) is 0 Å². The van der Waals surface area contributed by atoms with Crippen LogP contribution >= 0.6 is 0 Å². The van der Waals surface area contributed by atoms with Crippen LogP contribution in [-0.2, 0) is 9.59 Å². The van der Waals surface area contributed by atoms with Gasteiger partial charge in [-0.15, -0.1) is 0 Å². The minimum absolute atomic E-state index is 0. The van der Waals surface area contributed by atoms with Crippen LogP contribution in [0, 0.1) is 0 Å². The van der Waals surface area contributed by atoms with E-state index in [2.05, 4.69) is 10.6 Å². The summed E-state index contributed by atoms with van der Waals surface area (Å²) < 4.78 is 63.5. The molecule has 1 heterocycles. The standard InChI is InChI=1S/C4H10N2.2C2HF3O2.H2O/c1-2-6-4-3-5-1;2*3-2(4,5)1(6)7;/h5-6H,1-4H2;2*(H,6,7);1H2. The Balaban J connectivity index is -0.000000226.